The zero-order chi connectivity index (χ0) is 19.5. The summed E-state index contributed by atoms with van der Waals surface area (Å²) in [7, 11) is -3.64. The summed E-state index contributed by atoms with van der Waals surface area (Å²) < 4.78 is 32.8. The molecule has 1 N–H and O–H groups in total. The lowest BCUT2D eigenvalue weighted by Gasteiger charge is -2.25. The van der Waals surface area contributed by atoms with Gasteiger partial charge in [0.05, 0.1) is 17.3 Å². The number of hydrogen-bond acceptors (Lipinski definition) is 5. The van der Waals surface area contributed by atoms with Crippen LogP contribution >= 0.6 is 11.6 Å². The predicted molar refractivity (Wildman–Crippen MR) is 96.6 cm³/mol. The number of halogens is 1. The van der Waals surface area contributed by atoms with Crippen molar-refractivity contribution in [3.05, 3.63) is 46.6 Å². The number of rotatable bonds is 2. The van der Waals surface area contributed by atoms with Crippen LogP contribution < -0.4 is 0 Å². The van der Waals surface area contributed by atoms with Gasteiger partial charge in [0.15, 0.2) is 5.89 Å². The first kappa shape index (κ1) is 20.4. The van der Waals surface area contributed by atoms with Gasteiger partial charge in [-0.1, -0.05) is 44.5 Å². The minimum Gasteiger partial charge on any atom is -0.483 e. The molecular formula is C17H21ClN2O5S. The number of fused-ring (bicyclic) bond motifs is 1. The standard InChI is InChI=1S/C16H19ClN2O3S.CH2O2/c1-16(2,3)15-18-12-10-19(9-8-13(12)22-15)23(20,21)14-7-5-4-6-11(14)17;2-1-3/h4-7H,8-10H2,1-3H3;1H,(H,2,3). The monoisotopic (exact) mass is 400 g/mol. The molecule has 0 unspecified atom stereocenters. The molecule has 0 fully saturated rings. The fourth-order valence-electron chi connectivity index (χ4n) is 2.49. The van der Waals surface area contributed by atoms with E-state index in [0.29, 0.717) is 24.6 Å². The summed E-state index contributed by atoms with van der Waals surface area (Å²) in [5.74, 6) is 1.42. The Morgan fingerprint density at radius 3 is 2.50 bits per heavy atom. The van der Waals surface area contributed by atoms with Crippen molar-refractivity contribution in [2.45, 2.75) is 44.0 Å². The average Bonchev–Trinajstić information content (AvgIpc) is 2.99. The molecule has 2 aromatic rings. The van der Waals surface area contributed by atoms with E-state index in [1.807, 2.05) is 20.8 Å². The Balaban J connectivity index is 0.000000758. The fraction of sp³-hybridized carbons (Fsp3) is 0.412. The first-order valence-electron chi connectivity index (χ1n) is 7.93. The molecule has 0 bridgehead atoms. The summed E-state index contributed by atoms with van der Waals surface area (Å²) in [6, 6.07) is 6.49. The van der Waals surface area contributed by atoms with Crippen molar-refractivity contribution < 1.29 is 22.7 Å². The van der Waals surface area contributed by atoms with E-state index in [-0.39, 0.29) is 28.4 Å². The molecule has 1 aromatic carbocycles. The maximum absolute atomic E-state index is 12.8. The van der Waals surface area contributed by atoms with Gasteiger partial charge >= 0.3 is 0 Å². The highest BCUT2D eigenvalue weighted by Gasteiger charge is 2.33. The maximum Gasteiger partial charge on any atom is 0.290 e. The quantitative estimate of drug-likeness (QED) is 0.777. The minimum atomic E-state index is -3.64. The number of nitrogens with zero attached hydrogens (tertiary/aromatic N) is 2. The second-order valence-electron chi connectivity index (χ2n) is 6.76. The van der Waals surface area contributed by atoms with Crippen LogP contribution in [0.5, 0.6) is 0 Å². The molecule has 0 saturated heterocycles. The lowest BCUT2D eigenvalue weighted by Crippen LogP contribution is -2.36. The van der Waals surface area contributed by atoms with E-state index in [1.54, 1.807) is 18.2 Å². The Kier molecular flexibility index (Phi) is 6.10. The normalized spacial score (nSPS) is 14.9. The largest absolute Gasteiger partial charge is 0.483 e. The SMILES string of the molecule is CC(C)(C)c1nc2c(o1)CCN(S(=O)(=O)c1ccccc1Cl)C2.O=CO. The van der Waals surface area contributed by atoms with Gasteiger partial charge in [0.25, 0.3) is 6.47 Å². The van der Waals surface area contributed by atoms with Gasteiger partial charge in [0, 0.05) is 18.4 Å². The summed E-state index contributed by atoms with van der Waals surface area (Å²) in [6.07, 6.45) is 0.516. The Hall–Kier alpha value is -1.90. The van der Waals surface area contributed by atoms with Crippen molar-refractivity contribution in [3.8, 4) is 0 Å². The van der Waals surface area contributed by atoms with E-state index in [2.05, 4.69) is 4.98 Å². The first-order chi connectivity index (χ1) is 12.1. The van der Waals surface area contributed by atoms with Crippen LogP contribution in [0.15, 0.2) is 33.6 Å². The fourth-order valence-corrected chi connectivity index (χ4v) is 4.39. The van der Waals surface area contributed by atoms with E-state index in [4.69, 9.17) is 25.9 Å². The highest BCUT2D eigenvalue weighted by molar-refractivity contribution is 7.89. The minimum absolute atomic E-state index is 0.129. The molecular weight excluding hydrogens is 380 g/mol. The lowest BCUT2D eigenvalue weighted by molar-refractivity contribution is -0.122. The maximum atomic E-state index is 12.8. The zero-order valence-corrected chi connectivity index (χ0v) is 16.3. The topological polar surface area (TPSA) is 101 Å². The van der Waals surface area contributed by atoms with E-state index in [9.17, 15) is 8.42 Å². The Labute approximate surface area is 157 Å². The third kappa shape index (κ3) is 4.25. The molecule has 142 valence electrons. The van der Waals surface area contributed by atoms with Gasteiger partial charge in [-0.25, -0.2) is 13.4 Å². The summed E-state index contributed by atoms with van der Waals surface area (Å²) >= 11 is 6.05. The zero-order valence-electron chi connectivity index (χ0n) is 14.8. The summed E-state index contributed by atoms with van der Waals surface area (Å²) in [6.45, 7) is 6.37. The molecule has 1 aliphatic rings. The third-order valence-electron chi connectivity index (χ3n) is 3.79. The van der Waals surface area contributed by atoms with Crippen molar-refractivity contribution in [1.29, 1.82) is 0 Å². The Bertz CT molecular complexity index is 887. The summed E-state index contributed by atoms with van der Waals surface area (Å²) in [4.78, 5) is 13.0. The smallest absolute Gasteiger partial charge is 0.290 e. The van der Waals surface area contributed by atoms with Crippen LogP contribution in [0.25, 0.3) is 0 Å². The van der Waals surface area contributed by atoms with E-state index in [0.717, 1.165) is 5.76 Å². The molecule has 0 amide bonds. The van der Waals surface area contributed by atoms with Crippen LogP contribution in [0.4, 0.5) is 0 Å². The molecule has 26 heavy (non-hydrogen) atoms. The summed E-state index contributed by atoms with van der Waals surface area (Å²) in [5.41, 5.74) is 0.487. The van der Waals surface area contributed by atoms with Gasteiger partial charge in [-0.05, 0) is 12.1 Å². The molecule has 0 saturated carbocycles. The Morgan fingerprint density at radius 2 is 1.92 bits per heavy atom. The van der Waals surface area contributed by atoms with Crippen LogP contribution in [-0.2, 0) is 33.2 Å². The second-order valence-corrected chi connectivity index (χ2v) is 9.08. The van der Waals surface area contributed by atoms with Gasteiger partial charge in [0.2, 0.25) is 10.0 Å². The van der Waals surface area contributed by atoms with Crippen molar-refractivity contribution in [3.63, 3.8) is 0 Å². The van der Waals surface area contributed by atoms with Crippen LogP contribution in [-0.4, -0.2) is 35.8 Å². The highest BCUT2D eigenvalue weighted by Crippen LogP contribution is 2.31. The number of carboxylic acid groups (broad SMARTS) is 1. The van der Waals surface area contributed by atoms with Gasteiger partial charge in [-0.15, -0.1) is 0 Å². The molecule has 0 radical (unpaired) electrons. The van der Waals surface area contributed by atoms with Gasteiger partial charge in [0.1, 0.15) is 10.7 Å². The molecule has 3 rings (SSSR count). The van der Waals surface area contributed by atoms with Crippen LogP contribution in [0.1, 0.15) is 38.1 Å². The van der Waals surface area contributed by atoms with Crippen LogP contribution in [0, 0.1) is 0 Å². The first-order valence-corrected chi connectivity index (χ1v) is 9.74. The molecule has 9 heteroatoms. The van der Waals surface area contributed by atoms with Gasteiger partial charge in [-0.3, -0.25) is 4.79 Å². The molecule has 0 aliphatic carbocycles. The van der Waals surface area contributed by atoms with Crippen molar-refractivity contribution >= 4 is 28.1 Å². The third-order valence-corrected chi connectivity index (χ3v) is 6.13. The Morgan fingerprint density at radius 1 is 1.31 bits per heavy atom. The molecule has 0 spiro atoms. The predicted octanol–water partition coefficient (Wildman–Crippen LogP) is 3.07. The molecule has 1 aromatic heterocycles. The van der Waals surface area contributed by atoms with Crippen molar-refractivity contribution in [2.75, 3.05) is 6.54 Å². The molecule has 7 nitrogen and oxygen atoms in total. The van der Waals surface area contributed by atoms with E-state index in [1.165, 1.54) is 10.4 Å². The summed E-state index contributed by atoms with van der Waals surface area (Å²) in [5, 5.41) is 7.12. The number of hydrogen-bond donors (Lipinski definition) is 1. The van der Waals surface area contributed by atoms with E-state index < -0.39 is 10.0 Å². The number of oxazole rings is 1. The second kappa shape index (κ2) is 7.77. The van der Waals surface area contributed by atoms with Crippen LogP contribution in [0.3, 0.4) is 0 Å². The number of sulfonamides is 1. The van der Waals surface area contributed by atoms with Gasteiger partial charge in [-0.2, -0.15) is 4.31 Å². The number of aromatic nitrogens is 1. The van der Waals surface area contributed by atoms with Crippen molar-refractivity contribution in [2.24, 2.45) is 0 Å². The molecule has 1 aliphatic heterocycles. The van der Waals surface area contributed by atoms with E-state index >= 15 is 0 Å². The van der Waals surface area contributed by atoms with Crippen LogP contribution in [0.2, 0.25) is 5.02 Å². The van der Waals surface area contributed by atoms with Crippen molar-refractivity contribution in [1.82, 2.24) is 9.29 Å². The van der Waals surface area contributed by atoms with Gasteiger partial charge < -0.3 is 9.52 Å². The average molecular weight is 401 g/mol. The molecule has 2 heterocycles. The molecule has 0 atom stereocenters. The highest BCUT2D eigenvalue weighted by atomic mass is 35.5. The number of carbonyl (C=O) groups is 1. The number of benzene rings is 1. The lowest BCUT2D eigenvalue weighted by atomic mass is 9.97.